The number of fused-ring (bicyclic) bond motifs is 1. The van der Waals surface area contributed by atoms with E-state index in [1.807, 2.05) is 11.5 Å². The monoisotopic (exact) mass is 338 g/mol. The predicted octanol–water partition coefficient (Wildman–Crippen LogP) is 0.363. The molecule has 0 radical (unpaired) electrons. The van der Waals surface area contributed by atoms with Crippen molar-refractivity contribution in [2.75, 3.05) is 33.4 Å². The number of hydrogen-bond acceptors (Lipinski definition) is 4. The molecule has 0 amide bonds. The number of aliphatic imine (C=N–C) groups is 1. The maximum Gasteiger partial charge on any atom is 0.345 e. The van der Waals surface area contributed by atoms with Gasteiger partial charge in [-0.2, -0.15) is 5.10 Å². The van der Waals surface area contributed by atoms with E-state index in [0.717, 1.165) is 76.7 Å². The van der Waals surface area contributed by atoms with Crippen LogP contribution in [0.5, 0.6) is 0 Å². The lowest BCUT2D eigenvalue weighted by Crippen LogP contribution is -2.39. The third-order valence-electron chi connectivity index (χ3n) is 4.06. The number of nitrogens with zero attached hydrogens (tertiary/aromatic N) is 4. The molecule has 2 heterocycles. The van der Waals surface area contributed by atoms with Crippen LogP contribution in [0.4, 0.5) is 0 Å². The quantitative estimate of drug-likeness (QED) is 0.386. The van der Waals surface area contributed by atoms with Gasteiger partial charge in [0, 0.05) is 52.9 Å². The highest BCUT2D eigenvalue weighted by atomic mass is 16.5. The zero-order valence-electron chi connectivity index (χ0n) is 14.9. The molecule has 24 heavy (non-hydrogen) atoms. The van der Waals surface area contributed by atoms with Crippen molar-refractivity contribution in [3.05, 3.63) is 16.3 Å². The fraction of sp³-hybridized carbons (Fsp3) is 0.812. The van der Waals surface area contributed by atoms with Crippen LogP contribution in [0, 0.1) is 0 Å². The first-order chi connectivity index (χ1) is 11.8. The summed E-state index contributed by atoms with van der Waals surface area (Å²) in [6.45, 7) is 6.53. The molecule has 0 atom stereocenters. The van der Waals surface area contributed by atoms with Crippen LogP contribution in [0.15, 0.2) is 9.79 Å². The molecular formula is C16H30N6O2. The van der Waals surface area contributed by atoms with E-state index < -0.39 is 0 Å². The number of aryl methyl sites for hydroxylation is 2. The lowest BCUT2D eigenvalue weighted by Gasteiger charge is -2.11. The minimum Gasteiger partial charge on any atom is -0.382 e. The normalized spacial score (nSPS) is 14.5. The summed E-state index contributed by atoms with van der Waals surface area (Å²) in [5, 5.41) is 11.0. The second-order valence-electron chi connectivity index (χ2n) is 5.86. The Hall–Kier alpha value is -1.83. The summed E-state index contributed by atoms with van der Waals surface area (Å²) >= 11 is 0. The van der Waals surface area contributed by atoms with Crippen LogP contribution in [0.25, 0.3) is 0 Å². The van der Waals surface area contributed by atoms with Crippen LogP contribution in [0.2, 0.25) is 0 Å². The van der Waals surface area contributed by atoms with Crippen LogP contribution < -0.4 is 16.3 Å². The molecule has 0 saturated heterocycles. The fourth-order valence-corrected chi connectivity index (χ4v) is 2.78. The summed E-state index contributed by atoms with van der Waals surface area (Å²) < 4.78 is 8.71. The average Bonchev–Trinajstić information content (AvgIpc) is 2.93. The molecular weight excluding hydrogens is 308 g/mol. The van der Waals surface area contributed by atoms with Crippen molar-refractivity contribution >= 4 is 5.96 Å². The molecule has 8 heteroatoms. The largest absolute Gasteiger partial charge is 0.382 e. The van der Waals surface area contributed by atoms with Crippen LogP contribution in [-0.2, 0) is 24.2 Å². The predicted molar refractivity (Wildman–Crippen MR) is 94.5 cm³/mol. The second kappa shape index (κ2) is 10.1. The molecule has 0 spiro atoms. The maximum absolute atomic E-state index is 12.2. The van der Waals surface area contributed by atoms with Gasteiger partial charge in [0.25, 0.3) is 0 Å². The van der Waals surface area contributed by atoms with Gasteiger partial charge in [-0.25, -0.2) is 9.48 Å². The average molecular weight is 338 g/mol. The van der Waals surface area contributed by atoms with Gasteiger partial charge >= 0.3 is 5.69 Å². The summed E-state index contributed by atoms with van der Waals surface area (Å²) in [6, 6.07) is 0. The van der Waals surface area contributed by atoms with E-state index in [2.05, 4.69) is 20.7 Å². The Morgan fingerprint density at radius 1 is 1.29 bits per heavy atom. The first-order valence-corrected chi connectivity index (χ1v) is 8.95. The van der Waals surface area contributed by atoms with Crippen molar-refractivity contribution in [3.8, 4) is 0 Å². The maximum atomic E-state index is 12.2. The first kappa shape index (κ1) is 18.5. The van der Waals surface area contributed by atoms with Crippen molar-refractivity contribution in [1.82, 2.24) is 25.0 Å². The molecule has 0 aromatic carbocycles. The van der Waals surface area contributed by atoms with Crippen molar-refractivity contribution in [1.29, 1.82) is 0 Å². The molecule has 2 N–H and O–H groups in total. The minimum absolute atomic E-state index is 0.0307. The minimum atomic E-state index is 0.0307. The van der Waals surface area contributed by atoms with Crippen LogP contribution in [0.1, 0.15) is 38.4 Å². The third-order valence-corrected chi connectivity index (χ3v) is 4.06. The van der Waals surface area contributed by atoms with Gasteiger partial charge < -0.3 is 15.4 Å². The van der Waals surface area contributed by atoms with Crippen LogP contribution in [0.3, 0.4) is 0 Å². The Bertz CT molecular complexity index is 578. The molecule has 0 aliphatic carbocycles. The molecule has 1 aliphatic rings. The lowest BCUT2D eigenvalue weighted by atomic mass is 10.2. The van der Waals surface area contributed by atoms with Gasteiger partial charge in [0.1, 0.15) is 5.82 Å². The number of nitrogens with one attached hydrogen (secondary N) is 2. The Balaban J connectivity index is 1.67. The molecule has 136 valence electrons. The molecule has 1 aliphatic heterocycles. The standard InChI is InChI=1S/C16H30N6O2/c1-3-24-13-7-10-19-15(17-2)18-9-6-12-22-16(23)21-11-5-4-8-14(21)20-22/h3-13H2,1-2H3,(H2,17,18,19). The van der Waals surface area contributed by atoms with Crippen molar-refractivity contribution < 1.29 is 4.74 Å². The van der Waals surface area contributed by atoms with Crippen molar-refractivity contribution in [3.63, 3.8) is 0 Å². The molecule has 1 aromatic rings. The van der Waals surface area contributed by atoms with E-state index in [4.69, 9.17) is 4.74 Å². The SMILES string of the molecule is CCOCCCNC(=NC)NCCCn1nc2n(c1=O)CCCC2. The molecule has 2 rings (SSSR count). The van der Waals surface area contributed by atoms with Gasteiger partial charge in [0.2, 0.25) is 0 Å². The lowest BCUT2D eigenvalue weighted by molar-refractivity contribution is 0.145. The summed E-state index contributed by atoms with van der Waals surface area (Å²) in [4.78, 5) is 16.4. The van der Waals surface area contributed by atoms with Gasteiger partial charge in [-0.05, 0) is 32.6 Å². The van der Waals surface area contributed by atoms with Gasteiger partial charge in [-0.15, -0.1) is 0 Å². The highest BCUT2D eigenvalue weighted by molar-refractivity contribution is 5.79. The second-order valence-corrected chi connectivity index (χ2v) is 5.86. The third kappa shape index (κ3) is 5.36. The van der Waals surface area contributed by atoms with E-state index in [1.165, 1.54) is 0 Å². The Labute approximate surface area is 143 Å². The highest BCUT2D eigenvalue weighted by Gasteiger charge is 2.16. The topological polar surface area (TPSA) is 85.5 Å². The summed E-state index contributed by atoms with van der Waals surface area (Å²) in [5.41, 5.74) is 0.0307. The van der Waals surface area contributed by atoms with E-state index in [9.17, 15) is 4.79 Å². The fourth-order valence-electron chi connectivity index (χ4n) is 2.78. The Morgan fingerprint density at radius 3 is 2.79 bits per heavy atom. The van der Waals surface area contributed by atoms with Gasteiger partial charge in [-0.3, -0.25) is 9.56 Å². The Kier molecular flexibility index (Phi) is 7.81. The van der Waals surface area contributed by atoms with E-state index in [1.54, 1.807) is 11.7 Å². The molecule has 8 nitrogen and oxygen atoms in total. The summed E-state index contributed by atoms with van der Waals surface area (Å²) in [7, 11) is 1.76. The summed E-state index contributed by atoms with van der Waals surface area (Å²) in [6.07, 6.45) is 4.90. The Morgan fingerprint density at radius 2 is 2.08 bits per heavy atom. The highest BCUT2D eigenvalue weighted by Crippen LogP contribution is 2.09. The zero-order chi connectivity index (χ0) is 17.2. The van der Waals surface area contributed by atoms with E-state index >= 15 is 0 Å². The van der Waals surface area contributed by atoms with Crippen LogP contribution in [-0.4, -0.2) is 53.7 Å². The molecule has 1 aromatic heterocycles. The number of aromatic nitrogens is 3. The van der Waals surface area contributed by atoms with Crippen molar-refractivity contribution in [2.45, 2.75) is 52.1 Å². The molecule has 0 unspecified atom stereocenters. The van der Waals surface area contributed by atoms with Gasteiger partial charge in [0.15, 0.2) is 5.96 Å². The number of rotatable bonds is 9. The number of ether oxygens (including phenoxy) is 1. The first-order valence-electron chi connectivity index (χ1n) is 8.95. The molecule has 0 saturated carbocycles. The van der Waals surface area contributed by atoms with E-state index in [-0.39, 0.29) is 5.69 Å². The number of guanidine groups is 1. The summed E-state index contributed by atoms with van der Waals surface area (Å²) in [5.74, 6) is 1.72. The zero-order valence-corrected chi connectivity index (χ0v) is 14.9. The molecule has 0 bridgehead atoms. The van der Waals surface area contributed by atoms with Crippen molar-refractivity contribution in [2.24, 2.45) is 4.99 Å². The number of hydrogen-bond donors (Lipinski definition) is 2. The smallest absolute Gasteiger partial charge is 0.345 e. The van der Waals surface area contributed by atoms with Gasteiger partial charge in [0.05, 0.1) is 0 Å². The van der Waals surface area contributed by atoms with E-state index in [0.29, 0.717) is 6.54 Å². The molecule has 0 fully saturated rings. The van der Waals surface area contributed by atoms with Crippen LogP contribution >= 0.6 is 0 Å². The van der Waals surface area contributed by atoms with Gasteiger partial charge in [-0.1, -0.05) is 0 Å².